The van der Waals surface area contributed by atoms with E-state index in [2.05, 4.69) is 5.32 Å². The molecule has 5 heteroatoms. The van der Waals surface area contributed by atoms with Gasteiger partial charge in [0, 0.05) is 6.20 Å². The van der Waals surface area contributed by atoms with E-state index >= 15 is 0 Å². The summed E-state index contributed by atoms with van der Waals surface area (Å²) in [4.78, 5) is 10.8. The van der Waals surface area contributed by atoms with Gasteiger partial charge in [0.2, 0.25) is 0 Å². The molecule has 0 aromatic heterocycles. The molecule has 0 unspecified atom stereocenters. The zero-order valence-corrected chi connectivity index (χ0v) is 8.14. The van der Waals surface area contributed by atoms with E-state index in [0.29, 0.717) is 5.69 Å². The highest BCUT2D eigenvalue weighted by Gasteiger charge is 2.07. The van der Waals surface area contributed by atoms with Gasteiger partial charge in [-0.05, 0) is 12.1 Å². The Balaban J connectivity index is 3.00. The van der Waals surface area contributed by atoms with E-state index in [1.54, 1.807) is 30.3 Å². The van der Waals surface area contributed by atoms with Gasteiger partial charge in [-0.15, -0.1) is 0 Å². The molecule has 1 rings (SSSR count). The van der Waals surface area contributed by atoms with E-state index in [1.807, 2.05) is 0 Å². The highest BCUT2D eigenvalue weighted by atomic mass is 16.4. The van der Waals surface area contributed by atoms with Gasteiger partial charge in [0.15, 0.2) is 0 Å². The Labute approximate surface area is 91.9 Å². The van der Waals surface area contributed by atoms with Crippen molar-refractivity contribution in [1.29, 1.82) is 10.5 Å². The van der Waals surface area contributed by atoms with Crippen molar-refractivity contribution >= 4 is 11.7 Å². The summed E-state index contributed by atoms with van der Waals surface area (Å²) in [5.41, 5.74) is 0.284. The van der Waals surface area contributed by atoms with Gasteiger partial charge in [-0.1, -0.05) is 12.1 Å². The minimum atomic E-state index is -1.08. The molecule has 0 saturated carbocycles. The van der Waals surface area contributed by atoms with Crippen LogP contribution in [-0.4, -0.2) is 11.1 Å². The van der Waals surface area contributed by atoms with Crippen LogP contribution in [-0.2, 0) is 0 Å². The molecule has 0 amide bonds. The summed E-state index contributed by atoms with van der Waals surface area (Å²) in [7, 11) is 0. The second-order valence-corrected chi connectivity index (χ2v) is 2.78. The molecule has 5 nitrogen and oxygen atoms in total. The van der Waals surface area contributed by atoms with Crippen LogP contribution in [0, 0.1) is 22.7 Å². The molecule has 1 aromatic rings. The molecular formula is C11H7N3O2. The Morgan fingerprint density at radius 1 is 1.31 bits per heavy atom. The van der Waals surface area contributed by atoms with E-state index < -0.39 is 5.97 Å². The first-order chi connectivity index (χ1) is 7.69. The third-order valence-corrected chi connectivity index (χ3v) is 1.77. The van der Waals surface area contributed by atoms with Crippen LogP contribution >= 0.6 is 0 Å². The summed E-state index contributed by atoms with van der Waals surface area (Å²) in [5.74, 6) is -1.08. The van der Waals surface area contributed by atoms with Crippen LogP contribution < -0.4 is 5.32 Å². The molecular weight excluding hydrogens is 206 g/mol. The number of benzene rings is 1. The van der Waals surface area contributed by atoms with Crippen molar-refractivity contribution in [1.82, 2.24) is 0 Å². The third-order valence-electron chi connectivity index (χ3n) is 1.77. The van der Waals surface area contributed by atoms with Crippen LogP contribution in [0.4, 0.5) is 5.69 Å². The third kappa shape index (κ3) is 2.60. The monoisotopic (exact) mass is 213 g/mol. The lowest BCUT2D eigenvalue weighted by molar-refractivity contribution is 0.0698. The lowest BCUT2D eigenvalue weighted by atomic mass is 10.2. The second-order valence-electron chi connectivity index (χ2n) is 2.78. The maximum Gasteiger partial charge on any atom is 0.337 e. The second kappa shape index (κ2) is 5.18. The van der Waals surface area contributed by atoms with Crippen molar-refractivity contribution in [2.45, 2.75) is 0 Å². The standard InChI is InChI=1S/C11H7N3O2/c12-5-8(6-13)7-14-10-4-2-1-3-9(10)11(15)16/h1-4,7,14H,(H,15,16). The van der Waals surface area contributed by atoms with Crippen molar-refractivity contribution in [3.8, 4) is 12.1 Å². The number of para-hydroxylation sites is 1. The molecule has 0 saturated heterocycles. The van der Waals surface area contributed by atoms with E-state index in [4.69, 9.17) is 15.6 Å². The van der Waals surface area contributed by atoms with E-state index in [0.717, 1.165) is 0 Å². The number of nitriles is 2. The first-order valence-electron chi connectivity index (χ1n) is 4.28. The van der Waals surface area contributed by atoms with Crippen molar-refractivity contribution < 1.29 is 9.90 Å². The first-order valence-corrected chi connectivity index (χ1v) is 4.28. The number of carboxylic acid groups (broad SMARTS) is 1. The van der Waals surface area contributed by atoms with Crippen LogP contribution in [0.3, 0.4) is 0 Å². The van der Waals surface area contributed by atoms with Crippen molar-refractivity contribution in [2.24, 2.45) is 0 Å². The Kier molecular flexibility index (Phi) is 3.65. The van der Waals surface area contributed by atoms with Gasteiger partial charge in [-0.25, -0.2) is 4.79 Å². The predicted molar refractivity (Wildman–Crippen MR) is 56.3 cm³/mol. The van der Waals surface area contributed by atoms with Gasteiger partial charge in [-0.3, -0.25) is 0 Å². The van der Waals surface area contributed by atoms with Crippen molar-refractivity contribution in [3.05, 3.63) is 41.6 Å². The van der Waals surface area contributed by atoms with Crippen molar-refractivity contribution in [3.63, 3.8) is 0 Å². The molecule has 16 heavy (non-hydrogen) atoms. The SMILES string of the molecule is N#CC(C#N)=CNc1ccccc1C(=O)O. The van der Waals surface area contributed by atoms with Gasteiger partial charge in [-0.2, -0.15) is 10.5 Å². The number of carbonyl (C=O) groups is 1. The zero-order valence-electron chi connectivity index (χ0n) is 8.14. The van der Waals surface area contributed by atoms with Crippen molar-refractivity contribution in [2.75, 3.05) is 5.32 Å². The zero-order chi connectivity index (χ0) is 12.0. The molecule has 0 spiro atoms. The van der Waals surface area contributed by atoms with E-state index in [-0.39, 0.29) is 11.1 Å². The number of hydrogen-bond acceptors (Lipinski definition) is 4. The average Bonchev–Trinajstić information content (AvgIpc) is 2.30. The number of carboxylic acids is 1. The quantitative estimate of drug-likeness (QED) is 0.745. The number of nitrogens with one attached hydrogen (secondary N) is 1. The number of rotatable bonds is 3. The molecule has 0 fully saturated rings. The largest absolute Gasteiger partial charge is 0.478 e. The summed E-state index contributed by atoms with van der Waals surface area (Å²) >= 11 is 0. The summed E-state index contributed by atoms with van der Waals surface area (Å²) in [6, 6.07) is 9.54. The molecule has 1 aromatic carbocycles. The fourth-order valence-electron chi connectivity index (χ4n) is 1.03. The summed E-state index contributed by atoms with van der Waals surface area (Å²) in [6.07, 6.45) is 1.17. The number of hydrogen-bond donors (Lipinski definition) is 2. The number of aromatic carboxylic acids is 1. The molecule has 0 atom stereocenters. The Bertz CT molecular complexity index is 505. The molecule has 0 aliphatic heterocycles. The molecule has 0 aliphatic rings. The summed E-state index contributed by atoms with van der Waals surface area (Å²) in [5, 5.41) is 28.4. The summed E-state index contributed by atoms with van der Waals surface area (Å²) < 4.78 is 0. The predicted octanol–water partition coefficient (Wildman–Crippen LogP) is 1.73. The first kappa shape index (κ1) is 11.3. The number of nitrogens with zero attached hydrogens (tertiary/aromatic N) is 2. The van der Waals surface area contributed by atoms with E-state index in [1.165, 1.54) is 12.3 Å². The van der Waals surface area contributed by atoms with Crippen LogP contribution in [0.25, 0.3) is 0 Å². The molecule has 0 radical (unpaired) electrons. The van der Waals surface area contributed by atoms with Crippen LogP contribution in [0.5, 0.6) is 0 Å². The molecule has 0 aliphatic carbocycles. The Morgan fingerprint density at radius 2 is 1.94 bits per heavy atom. The molecule has 0 bridgehead atoms. The van der Waals surface area contributed by atoms with Gasteiger partial charge in [0.05, 0.1) is 11.3 Å². The molecule has 0 heterocycles. The topological polar surface area (TPSA) is 96.9 Å². The average molecular weight is 213 g/mol. The maximum atomic E-state index is 10.8. The highest BCUT2D eigenvalue weighted by molar-refractivity contribution is 5.94. The van der Waals surface area contributed by atoms with Gasteiger partial charge in [0.25, 0.3) is 0 Å². The van der Waals surface area contributed by atoms with Gasteiger partial charge >= 0.3 is 5.97 Å². The normalized spacial score (nSPS) is 8.38. The lowest BCUT2D eigenvalue weighted by Gasteiger charge is -2.04. The number of allylic oxidation sites excluding steroid dienone is 1. The highest BCUT2D eigenvalue weighted by Crippen LogP contribution is 2.14. The fourth-order valence-corrected chi connectivity index (χ4v) is 1.03. The maximum absolute atomic E-state index is 10.8. The van der Waals surface area contributed by atoms with Crippen LogP contribution in [0.1, 0.15) is 10.4 Å². The smallest absolute Gasteiger partial charge is 0.337 e. The number of anilines is 1. The lowest BCUT2D eigenvalue weighted by Crippen LogP contribution is -2.02. The molecule has 78 valence electrons. The molecule has 2 N–H and O–H groups in total. The fraction of sp³-hybridized carbons (Fsp3) is 0. The minimum Gasteiger partial charge on any atom is -0.478 e. The Hall–Kier alpha value is -2.79. The van der Waals surface area contributed by atoms with Crippen LogP contribution in [0.2, 0.25) is 0 Å². The van der Waals surface area contributed by atoms with Crippen LogP contribution in [0.15, 0.2) is 36.0 Å². The minimum absolute atomic E-state index is 0.0778. The van der Waals surface area contributed by atoms with Gasteiger partial charge in [0.1, 0.15) is 17.7 Å². The summed E-state index contributed by atoms with van der Waals surface area (Å²) in [6.45, 7) is 0. The Morgan fingerprint density at radius 3 is 2.50 bits per heavy atom. The van der Waals surface area contributed by atoms with Gasteiger partial charge < -0.3 is 10.4 Å². The van der Waals surface area contributed by atoms with E-state index in [9.17, 15) is 4.79 Å².